The molecule has 0 bridgehead atoms. The van der Waals surface area contributed by atoms with E-state index in [1.165, 1.54) is 0 Å². The highest BCUT2D eigenvalue weighted by Gasteiger charge is 2.21. The Labute approximate surface area is 133 Å². The highest BCUT2D eigenvalue weighted by atomic mass is 32.2. The number of nitrogens with one attached hydrogen (secondary N) is 1. The lowest BCUT2D eigenvalue weighted by Gasteiger charge is -2.13. The fraction of sp³-hybridized carbons (Fsp3) is 0.200. The minimum absolute atomic E-state index is 0.0143. The molecule has 8 heteroatoms. The molecule has 0 spiro atoms. The van der Waals surface area contributed by atoms with Gasteiger partial charge in [-0.2, -0.15) is 0 Å². The van der Waals surface area contributed by atoms with E-state index in [0.29, 0.717) is 17.6 Å². The van der Waals surface area contributed by atoms with Crippen LogP contribution in [0.25, 0.3) is 11.3 Å². The van der Waals surface area contributed by atoms with Gasteiger partial charge in [0, 0.05) is 5.56 Å². The number of furan rings is 1. The van der Waals surface area contributed by atoms with Crippen molar-refractivity contribution < 1.29 is 27.5 Å². The third-order valence-electron chi connectivity index (χ3n) is 3.08. The zero-order chi connectivity index (χ0) is 17.0. The zero-order valence-corrected chi connectivity index (χ0v) is 13.0. The van der Waals surface area contributed by atoms with Crippen LogP contribution in [-0.2, 0) is 21.2 Å². The molecule has 0 unspecified atom stereocenters. The summed E-state index contributed by atoms with van der Waals surface area (Å²) in [7, 11) is -3.62. The van der Waals surface area contributed by atoms with E-state index in [1.807, 2.05) is 0 Å². The molecule has 1 aromatic heterocycles. The monoisotopic (exact) mass is 337 g/mol. The van der Waals surface area contributed by atoms with Gasteiger partial charge in [-0.15, -0.1) is 0 Å². The molecule has 2 N–H and O–H groups in total. The molecule has 1 aromatic carbocycles. The number of benzene rings is 1. The molecule has 0 radical (unpaired) electrons. The summed E-state index contributed by atoms with van der Waals surface area (Å²) in [4.78, 5) is 21.7. The van der Waals surface area contributed by atoms with E-state index in [9.17, 15) is 18.0 Å². The maximum absolute atomic E-state index is 11.2. The average Bonchev–Trinajstić information content (AvgIpc) is 2.95. The highest BCUT2D eigenvalue weighted by molar-refractivity contribution is 7.88. The SMILES string of the molecule is CS(=O)(=O)N[C@H](Cc1ccc(-c2ccc(C=O)o2)cc1)C(=O)O. The van der Waals surface area contributed by atoms with Gasteiger partial charge >= 0.3 is 5.97 Å². The van der Waals surface area contributed by atoms with Crippen LogP contribution in [0.2, 0.25) is 0 Å². The molecular formula is C15H15NO6S. The van der Waals surface area contributed by atoms with Crippen molar-refractivity contribution in [3.8, 4) is 11.3 Å². The summed E-state index contributed by atoms with van der Waals surface area (Å²) < 4.78 is 29.7. The first-order valence-electron chi connectivity index (χ1n) is 6.63. The van der Waals surface area contributed by atoms with Crippen LogP contribution in [0, 0.1) is 0 Å². The molecule has 0 saturated heterocycles. The van der Waals surface area contributed by atoms with Crippen molar-refractivity contribution in [3.63, 3.8) is 0 Å². The molecule has 7 nitrogen and oxygen atoms in total. The van der Waals surface area contributed by atoms with Gasteiger partial charge < -0.3 is 9.52 Å². The Bertz CT molecular complexity index is 807. The molecule has 0 aliphatic carbocycles. The van der Waals surface area contributed by atoms with Crippen molar-refractivity contribution in [1.82, 2.24) is 4.72 Å². The van der Waals surface area contributed by atoms with E-state index in [4.69, 9.17) is 9.52 Å². The number of aldehydes is 1. The van der Waals surface area contributed by atoms with Crippen LogP contribution in [0.3, 0.4) is 0 Å². The molecule has 0 aliphatic heterocycles. The van der Waals surface area contributed by atoms with E-state index >= 15 is 0 Å². The van der Waals surface area contributed by atoms with Crippen LogP contribution in [0.1, 0.15) is 16.1 Å². The van der Waals surface area contributed by atoms with Crippen LogP contribution >= 0.6 is 0 Å². The van der Waals surface area contributed by atoms with Crippen molar-refractivity contribution >= 4 is 22.3 Å². The molecule has 0 aliphatic rings. The number of carbonyl (C=O) groups excluding carboxylic acids is 1. The first-order chi connectivity index (χ1) is 10.8. The number of carboxylic acid groups (broad SMARTS) is 1. The largest absolute Gasteiger partial charge is 0.480 e. The van der Waals surface area contributed by atoms with Gasteiger partial charge in [0.2, 0.25) is 10.0 Å². The predicted molar refractivity (Wildman–Crippen MR) is 82.6 cm³/mol. The molecule has 0 amide bonds. The summed E-state index contributed by atoms with van der Waals surface area (Å²) >= 11 is 0. The Kier molecular flexibility index (Phi) is 4.97. The first kappa shape index (κ1) is 16.9. The fourth-order valence-electron chi connectivity index (χ4n) is 2.05. The van der Waals surface area contributed by atoms with Crippen LogP contribution in [0.5, 0.6) is 0 Å². The lowest BCUT2D eigenvalue weighted by molar-refractivity contribution is -0.138. The lowest BCUT2D eigenvalue weighted by Crippen LogP contribution is -2.41. The Hall–Kier alpha value is -2.45. The Balaban J connectivity index is 2.15. The van der Waals surface area contributed by atoms with Gasteiger partial charge in [0.05, 0.1) is 6.26 Å². The standard InChI is InChI=1S/C15H15NO6S/c1-23(20,21)16-13(15(18)19)8-10-2-4-11(5-3-10)14-7-6-12(9-17)22-14/h2-7,9,13,16H,8H2,1H3,(H,18,19)/t13-/m1/s1. The van der Waals surface area contributed by atoms with E-state index in [-0.39, 0.29) is 12.2 Å². The van der Waals surface area contributed by atoms with Gasteiger partial charge in [0.1, 0.15) is 11.8 Å². The van der Waals surface area contributed by atoms with Crippen molar-refractivity contribution in [2.75, 3.05) is 6.26 Å². The number of carbonyl (C=O) groups is 2. The average molecular weight is 337 g/mol. The van der Waals surface area contributed by atoms with Crippen LogP contribution in [0.4, 0.5) is 0 Å². The van der Waals surface area contributed by atoms with Gasteiger partial charge in [-0.25, -0.2) is 13.1 Å². The maximum atomic E-state index is 11.2. The van der Waals surface area contributed by atoms with Crippen LogP contribution < -0.4 is 4.72 Å². The molecule has 2 rings (SSSR count). The Morgan fingerprint density at radius 2 is 1.91 bits per heavy atom. The molecule has 0 fully saturated rings. The number of sulfonamides is 1. The van der Waals surface area contributed by atoms with Crippen molar-refractivity contribution in [1.29, 1.82) is 0 Å². The minimum Gasteiger partial charge on any atom is -0.480 e. The number of carboxylic acids is 1. The predicted octanol–water partition coefficient (Wildman–Crippen LogP) is 1.30. The summed E-state index contributed by atoms with van der Waals surface area (Å²) in [5.74, 6) is -0.517. The van der Waals surface area contributed by atoms with Gasteiger partial charge in [0.15, 0.2) is 12.0 Å². The van der Waals surface area contributed by atoms with E-state index in [1.54, 1.807) is 36.4 Å². The quantitative estimate of drug-likeness (QED) is 0.736. The smallest absolute Gasteiger partial charge is 0.322 e. The summed E-state index contributed by atoms with van der Waals surface area (Å²) in [6, 6.07) is 8.75. The number of hydrogen-bond donors (Lipinski definition) is 2. The highest BCUT2D eigenvalue weighted by Crippen LogP contribution is 2.22. The van der Waals surface area contributed by atoms with Crippen LogP contribution in [-0.4, -0.2) is 38.1 Å². The van der Waals surface area contributed by atoms with E-state index in [2.05, 4.69) is 4.72 Å². The topological polar surface area (TPSA) is 114 Å². The number of rotatable bonds is 7. The molecular weight excluding hydrogens is 322 g/mol. The molecule has 0 saturated carbocycles. The van der Waals surface area contributed by atoms with Crippen molar-refractivity contribution in [2.24, 2.45) is 0 Å². The molecule has 23 heavy (non-hydrogen) atoms. The van der Waals surface area contributed by atoms with Gasteiger partial charge in [0.25, 0.3) is 0 Å². The molecule has 1 atom stereocenters. The van der Waals surface area contributed by atoms with Gasteiger partial charge in [-0.05, 0) is 24.1 Å². The summed E-state index contributed by atoms with van der Waals surface area (Å²) in [5.41, 5.74) is 1.38. The molecule has 2 aromatic rings. The fourth-order valence-corrected chi connectivity index (χ4v) is 2.75. The van der Waals surface area contributed by atoms with Gasteiger partial charge in [-0.3, -0.25) is 9.59 Å². The van der Waals surface area contributed by atoms with Crippen molar-refractivity contribution in [3.05, 3.63) is 47.7 Å². The summed E-state index contributed by atoms with van der Waals surface area (Å²) in [5, 5.41) is 9.09. The van der Waals surface area contributed by atoms with E-state index < -0.39 is 22.0 Å². The zero-order valence-electron chi connectivity index (χ0n) is 12.2. The van der Waals surface area contributed by atoms with E-state index in [0.717, 1.165) is 11.8 Å². The number of aliphatic carboxylic acids is 1. The normalized spacial score (nSPS) is 12.7. The second-order valence-electron chi connectivity index (χ2n) is 5.00. The van der Waals surface area contributed by atoms with Crippen molar-refractivity contribution in [2.45, 2.75) is 12.5 Å². The number of hydrogen-bond acceptors (Lipinski definition) is 5. The maximum Gasteiger partial charge on any atom is 0.322 e. The lowest BCUT2D eigenvalue weighted by atomic mass is 10.0. The Morgan fingerprint density at radius 1 is 1.26 bits per heavy atom. The van der Waals surface area contributed by atoms with Gasteiger partial charge in [-0.1, -0.05) is 24.3 Å². The molecule has 1 heterocycles. The second kappa shape index (κ2) is 6.76. The second-order valence-corrected chi connectivity index (χ2v) is 6.78. The van der Waals surface area contributed by atoms with Crippen LogP contribution in [0.15, 0.2) is 40.8 Å². The first-order valence-corrected chi connectivity index (χ1v) is 8.52. The summed E-state index contributed by atoms with van der Waals surface area (Å²) in [6.07, 6.45) is 1.53. The Morgan fingerprint density at radius 3 is 2.39 bits per heavy atom. The summed E-state index contributed by atoms with van der Waals surface area (Å²) in [6.45, 7) is 0. The minimum atomic E-state index is -3.62. The third-order valence-corrected chi connectivity index (χ3v) is 3.79. The molecule has 122 valence electrons. The third kappa shape index (κ3) is 4.76.